The van der Waals surface area contributed by atoms with E-state index in [9.17, 15) is 4.39 Å². The molecule has 0 saturated carbocycles. The second kappa shape index (κ2) is 25.1. The van der Waals surface area contributed by atoms with E-state index in [2.05, 4.69) is 64.4 Å². The van der Waals surface area contributed by atoms with Crippen molar-refractivity contribution in [2.24, 2.45) is 0 Å². The molecule has 69 heavy (non-hydrogen) atoms. The molecule has 8 aromatic rings. The highest BCUT2D eigenvalue weighted by Gasteiger charge is 2.17. The first-order chi connectivity index (χ1) is 33.6. The predicted molar refractivity (Wildman–Crippen MR) is 280 cm³/mol. The summed E-state index contributed by atoms with van der Waals surface area (Å²) < 4.78 is 45.1. The third-order valence-electron chi connectivity index (χ3n) is 10.6. The van der Waals surface area contributed by atoms with Crippen LogP contribution in [0.4, 0.5) is 21.8 Å². The molecule has 21 heteroatoms. The van der Waals surface area contributed by atoms with Gasteiger partial charge in [0, 0.05) is 31.2 Å². The van der Waals surface area contributed by atoms with Gasteiger partial charge in [0.25, 0.3) is 0 Å². The van der Waals surface area contributed by atoms with Gasteiger partial charge >= 0.3 is 0 Å². The molecule has 0 radical (unpaired) electrons. The quantitative estimate of drug-likeness (QED) is 0.0474. The van der Waals surface area contributed by atoms with Gasteiger partial charge in [-0.05, 0) is 116 Å². The van der Waals surface area contributed by atoms with Gasteiger partial charge in [0.2, 0.25) is 5.58 Å². The third-order valence-corrected chi connectivity index (χ3v) is 11.5. The summed E-state index contributed by atoms with van der Waals surface area (Å²) in [4.78, 5) is 2.37. The van der Waals surface area contributed by atoms with Crippen LogP contribution in [0.5, 0.6) is 11.5 Å². The van der Waals surface area contributed by atoms with Crippen molar-refractivity contribution in [3.63, 3.8) is 0 Å². The molecule has 3 aromatic heterocycles. The minimum atomic E-state index is -0.438. The zero-order valence-electron chi connectivity index (χ0n) is 37.8. The van der Waals surface area contributed by atoms with Crippen LogP contribution in [0.1, 0.15) is 30.5 Å². The largest absolute Gasteiger partial charge is 0.496 e. The lowest BCUT2D eigenvalue weighted by Crippen LogP contribution is -2.38. The van der Waals surface area contributed by atoms with Crippen LogP contribution in [0.2, 0.25) is 5.02 Å². The van der Waals surface area contributed by atoms with Gasteiger partial charge < -0.3 is 59.7 Å². The summed E-state index contributed by atoms with van der Waals surface area (Å²) in [7, 11) is 3.21. The minimum absolute atomic E-state index is 0.0799. The first-order valence-electron chi connectivity index (χ1n) is 21.8. The highest BCUT2D eigenvalue weighted by Crippen LogP contribution is 2.33. The van der Waals surface area contributed by atoms with Crippen molar-refractivity contribution >= 4 is 114 Å². The van der Waals surface area contributed by atoms with E-state index in [0.717, 1.165) is 67.7 Å². The number of aromatic nitrogens is 3. The predicted octanol–water partition coefficient (Wildman–Crippen LogP) is 9.84. The van der Waals surface area contributed by atoms with Crippen LogP contribution < -0.4 is 41.4 Å². The Hall–Kier alpha value is -6.68. The number of fused-ring (bicyclic) bond motifs is 3. The monoisotopic (exact) mass is 1010 g/mol. The third kappa shape index (κ3) is 14.0. The molecule has 360 valence electrons. The summed E-state index contributed by atoms with van der Waals surface area (Å²) in [6.07, 6.45) is 0.982. The Morgan fingerprint density at radius 2 is 1.28 bits per heavy atom. The summed E-state index contributed by atoms with van der Waals surface area (Å²) in [5.41, 5.74) is 3.63. The maximum Gasteiger partial charge on any atom is 0.204 e. The van der Waals surface area contributed by atoms with Crippen LogP contribution in [0.25, 0.3) is 32.9 Å². The molecule has 1 fully saturated rings. The molecule has 0 spiro atoms. The summed E-state index contributed by atoms with van der Waals surface area (Å²) in [5, 5.41) is 34.6. The number of rotatable bonds is 13. The van der Waals surface area contributed by atoms with Crippen molar-refractivity contribution in [2.45, 2.75) is 25.9 Å². The number of anilines is 3. The zero-order chi connectivity index (χ0) is 48.5. The van der Waals surface area contributed by atoms with Crippen LogP contribution in [-0.2, 0) is 11.3 Å². The van der Waals surface area contributed by atoms with Crippen molar-refractivity contribution in [2.75, 3.05) is 69.6 Å². The lowest BCUT2D eigenvalue weighted by Gasteiger charge is -2.26. The Labute approximate surface area is 418 Å². The van der Waals surface area contributed by atoms with Crippen molar-refractivity contribution in [3.8, 4) is 11.5 Å². The molecule has 0 bridgehead atoms. The number of nitrogens with zero attached hydrogens (tertiary/aromatic N) is 4. The van der Waals surface area contributed by atoms with Gasteiger partial charge in [0.05, 0.1) is 38.9 Å². The number of ether oxygens (including phenoxy) is 3. The normalized spacial score (nSPS) is 12.7. The van der Waals surface area contributed by atoms with Crippen LogP contribution in [0, 0.1) is 5.82 Å². The molecule has 6 N–H and O–H groups in total. The zero-order valence-corrected chi connectivity index (χ0v) is 41.1. The lowest BCUT2D eigenvalue weighted by atomic mass is 10.1. The number of hydrogen-bond acceptors (Lipinski definition) is 13. The summed E-state index contributed by atoms with van der Waals surface area (Å²) in [6, 6.07) is 33.4. The molecular weight excluding hydrogens is 963 g/mol. The van der Waals surface area contributed by atoms with E-state index < -0.39 is 5.82 Å². The average Bonchev–Trinajstić information content (AvgIpc) is 4.11. The molecule has 0 aliphatic carbocycles. The first-order valence-corrected chi connectivity index (χ1v) is 23.4. The summed E-state index contributed by atoms with van der Waals surface area (Å²) >= 11 is 21.8. The standard InChI is InChI=1S/C17H17N3O2S.C16H14ClN3O2S.C15H19FN4O2S/c1-11(12-7-4-3-5-8-12)18-17(23)19-16-15-13(21-2)9-6-10-14(15)22-20-16;1-21-12-3-2-4-13-14(12)15(20-22-13)19-16(23)18-9-10-5-7-11(17)8-6-10;16-12-4-1-3-11-13(12)22-19-14(11)18-15(23)17-5-2-6-20-7-9-21-10-8-20/h3-11H,1-2H3,(H2,18,19,20,23);2-8H,9H2,1H3,(H2,18,19,20,23);1,3-4H,2,5-10H2,(H2,17,18,19,23). The minimum Gasteiger partial charge on any atom is -0.496 e. The van der Waals surface area contributed by atoms with E-state index in [-0.39, 0.29) is 11.6 Å². The Morgan fingerprint density at radius 1 is 0.696 bits per heavy atom. The van der Waals surface area contributed by atoms with E-state index in [4.69, 9.17) is 76.0 Å². The van der Waals surface area contributed by atoms with E-state index >= 15 is 0 Å². The van der Waals surface area contributed by atoms with Crippen LogP contribution >= 0.6 is 48.3 Å². The molecule has 1 aliphatic rings. The number of thiocarbonyl (C=S) groups is 3. The highest BCUT2D eigenvalue weighted by atomic mass is 35.5. The van der Waals surface area contributed by atoms with Crippen LogP contribution in [0.15, 0.2) is 123 Å². The number of hydrogen-bond donors (Lipinski definition) is 6. The molecule has 1 atom stereocenters. The molecule has 1 aliphatic heterocycles. The molecule has 5 aromatic carbocycles. The molecule has 4 heterocycles. The summed E-state index contributed by atoms with van der Waals surface area (Å²) in [5.74, 6) is 2.40. The highest BCUT2D eigenvalue weighted by molar-refractivity contribution is 7.80. The summed E-state index contributed by atoms with van der Waals surface area (Å²) in [6.45, 7) is 7.98. The first kappa shape index (κ1) is 50.2. The Bertz CT molecular complexity index is 2950. The molecule has 16 nitrogen and oxygen atoms in total. The molecule has 1 unspecified atom stereocenters. The average molecular weight is 1010 g/mol. The fraction of sp³-hybridized carbons (Fsp3) is 0.250. The van der Waals surface area contributed by atoms with Crippen molar-refractivity contribution in [3.05, 3.63) is 131 Å². The fourth-order valence-corrected chi connectivity index (χ4v) is 7.80. The fourth-order valence-electron chi connectivity index (χ4n) is 7.03. The Balaban J connectivity index is 0.000000153. The maximum absolute atomic E-state index is 13.5. The second-order valence-electron chi connectivity index (χ2n) is 15.2. The number of morpholine rings is 1. The van der Waals surface area contributed by atoms with Gasteiger partial charge in [0.1, 0.15) is 22.3 Å². The SMILES string of the molecule is COc1cccc2onc(NC(=S)NC(C)c3ccccc3)c12.COc1cccc2onc(NC(=S)NCc3ccc(Cl)cc3)c12.Fc1cccc2c(NC(=S)NCCCN3CCOCC3)noc12. The Morgan fingerprint density at radius 3 is 1.91 bits per heavy atom. The van der Waals surface area contributed by atoms with E-state index in [1.54, 1.807) is 26.4 Å². The lowest BCUT2D eigenvalue weighted by molar-refractivity contribution is 0.0376. The maximum atomic E-state index is 13.5. The van der Waals surface area contributed by atoms with Gasteiger partial charge in [-0.15, -0.1) is 0 Å². The van der Waals surface area contributed by atoms with Crippen molar-refractivity contribution in [1.29, 1.82) is 0 Å². The molecular formula is C48H50ClFN10O6S3. The van der Waals surface area contributed by atoms with Gasteiger partial charge in [0.15, 0.2) is 49.8 Å². The topological polar surface area (TPSA) is 181 Å². The Kier molecular flexibility index (Phi) is 18.2. The van der Waals surface area contributed by atoms with Crippen molar-refractivity contribution in [1.82, 2.24) is 36.3 Å². The van der Waals surface area contributed by atoms with Gasteiger partial charge in [-0.2, -0.15) is 0 Å². The van der Waals surface area contributed by atoms with Gasteiger partial charge in [-0.25, -0.2) is 4.39 Å². The number of methoxy groups -OCH3 is 2. The van der Waals surface area contributed by atoms with E-state index in [0.29, 0.717) is 72.4 Å². The number of nitrogens with one attached hydrogen (secondary N) is 6. The second-order valence-corrected chi connectivity index (χ2v) is 16.9. The molecule has 9 rings (SSSR count). The molecule has 0 amide bonds. The van der Waals surface area contributed by atoms with E-state index in [1.165, 1.54) is 6.07 Å². The van der Waals surface area contributed by atoms with Crippen LogP contribution in [-0.4, -0.2) is 89.3 Å². The van der Waals surface area contributed by atoms with E-state index in [1.807, 2.05) is 85.8 Å². The van der Waals surface area contributed by atoms with Gasteiger partial charge in [-0.1, -0.05) is 87.7 Å². The molecule has 1 saturated heterocycles. The number of para-hydroxylation sites is 1. The van der Waals surface area contributed by atoms with Crippen molar-refractivity contribution < 1.29 is 32.2 Å². The van der Waals surface area contributed by atoms with Crippen LogP contribution in [0.3, 0.4) is 0 Å². The number of halogens is 2. The number of benzene rings is 5. The smallest absolute Gasteiger partial charge is 0.204 e. The van der Waals surface area contributed by atoms with Gasteiger partial charge in [-0.3, -0.25) is 4.90 Å².